The number of nitrogens with zero attached hydrogens (tertiary/aromatic N) is 4. The highest BCUT2D eigenvalue weighted by molar-refractivity contribution is 5.99. The molecule has 89 heavy (non-hydrogen) atoms. The molecule has 1 saturated carbocycles. The van der Waals surface area contributed by atoms with Crippen molar-refractivity contribution in [2.24, 2.45) is 0 Å². The van der Waals surface area contributed by atoms with E-state index < -0.39 is 5.41 Å². The first-order chi connectivity index (χ1) is 43.5. The number of anilines is 10. The van der Waals surface area contributed by atoms with E-state index in [4.69, 9.17) is 37.9 Å². The first kappa shape index (κ1) is 58.2. The second kappa shape index (κ2) is 24.4. The molecule has 450 valence electrons. The highest BCUT2D eigenvalue weighted by Crippen LogP contribution is 2.65. The highest BCUT2D eigenvalue weighted by Gasteiger charge is 2.53. The van der Waals surface area contributed by atoms with Gasteiger partial charge in [0.1, 0.15) is 34.5 Å². The molecule has 12 nitrogen and oxygen atoms in total. The summed E-state index contributed by atoms with van der Waals surface area (Å²) in [5.41, 5.74) is 18.2. The van der Waals surface area contributed by atoms with Gasteiger partial charge in [0.2, 0.25) is 0 Å². The monoisotopic (exact) mass is 1180 g/mol. The lowest BCUT2D eigenvalue weighted by molar-refractivity contribution is 0.0214. The number of fused-ring (bicyclic) bond motifs is 10. The van der Waals surface area contributed by atoms with E-state index in [0.717, 1.165) is 143 Å². The Hall–Kier alpha value is -9.88. The van der Waals surface area contributed by atoms with Crippen LogP contribution in [0.2, 0.25) is 0 Å². The zero-order valence-electron chi connectivity index (χ0n) is 52.1. The van der Waals surface area contributed by atoms with Gasteiger partial charge in [-0.2, -0.15) is 0 Å². The van der Waals surface area contributed by atoms with Crippen LogP contribution in [-0.4, -0.2) is 81.2 Å². The van der Waals surface area contributed by atoms with Crippen LogP contribution < -0.4 is 48.0 Å². The summed E-state index contributed by atoms with van der Waals surface area (Å²) in [4.78, 5) is 9.56. The Bertz CT molecular complexity index is 3780. The zero-order chi connectivity index (χ0) is 61.5. The minimum atomic E-state index is -0.947. The minimum Gasteiger partial charge on any atom is -0.497 e. The van der Waals surface area contributed by atoms with Crippen molar-refractivity contribution in [2.75, 3.05) is 76.5 Å². The molecule has 0 aliphatic heterocycles. The molecular formula is C77H74N4O8. The van der Waals surface area contributed by atoms with E-state index in [0.29, 0.717) is 0 Å². The molecular weight excluding hydrogens is 1110 g/mol. The summed E-state index contributed by atoms with van der Waals surface area (Å²) in [6.45, 7) is 4.38. The van der Waals surface area contributed by atoms with E-state index >= 15 is 0 Å². The third kappa shape index (κ3) is 10.2. The maximum Gasteiger partial charge on any atom is 0.119 e. The maximum atomic E-state index is 6.27. The largest absolute Gasteiger partial charge is 0.497 e. The molecule has 10 aromatic rings. The van der Waals surface area contributed by atoms with Crippen molar-refractivity contribution >= 4 is 56.9 Å². The second-order valence-electron chi connectivity index (χ2n) is 22.9. The van der Waals surface area contributed by atoms with Gasteiger partial charge in [0.05, 0.1) is 72.4 Å². The van der Waals surface area contributed by atoms with Crippen molar-refractivity contribution in [3.05, 3.63) is 241 Å². The predicted molar refractivity (Wildman–Crippen MR) is 358 cm³/mol. The van der Waals surface area contributed by atoms with Crippen molar-refractivity contribution in [3.63, 3.8) is 0 Å². The molecule has 0 heterocycles. The standard InChI is InChI=1S/C77H74N4O8/c1-49(50(2)82-3)78(51-11-27-61(83-4)28-12-51)57-23-39-67-68-40-24-58(79(52-13-29-62(84-5)30-14-52)53-15-31-63(85-6)32-16-53)46-72(68)77(71(67)45-57)73-47-59(80(54-17-33-64(86-7)34-18-54)55-19-35-65(87-8)36-20-55)25-41-69(73)70-42-26-60(48-74(70)77)81(75-43-44-76(75)89-10)56-21-37-66(88-9)38-22-56/h11-42,45-50,75-76H,43-44H2,1-10H3/t49?,50?,75?,76-,77?/m0/s1. The molecule has 0 saturated heterocycles. The van der Waals surface area contributed by atoms with Crippen LogP contribution in [0, 0.1) is 0 Å². The fourth-order valence-corrected chi connectivity index (χ4v) is 13.6. The lowest BCUT2D eigenvalue weighted by Crippen LogP contribution is -2.49. The number of hydrogen-bond donors (Lipinski definition) is 0. The van der Waals surface area contributed by atoms with Gasteiger partial charge in [-0.3, -0.25) is 0 Å². The van der Waals surface area contributed by atoms with Gasteiger partial charge < -0.3 is 57.5 Å². The number of ether oxygens (including phenoxy) is 8. The molecule has 0 aromatic heterocycles. The lowest BCUT2D eigenvalue weighted by atomic mass is 9.70. The van der Waals surface area contributed by atoms with Crippen LogP contribution in [-0.2, 0) is 14.9 Å². The van der Waals surface area contributed by atoms with Crippen LogP contribution in [0.1, 0.15) is 48.9 Å². The van der Waals surface area contributed by atoms with E-state index in [1.165, 1.54) is 5.56 Å². The molecule has 13 rings (SSSR count). The lowest BCUT2D eigenvalue weighted by Gasteiger charge is -2.45. The normalized spacial score (nSPS) is 16.4. The van der Waals surface area contributed by atoms with Crippen molar-refractivity contribution in [3.8, 4) is 56.8 Å². The molecule has 10 aromatic carbocycles. The fraction of sp³-hybridized carbons (Fsp3) is 0.221. The van der Waals surface area contributed by atoms with Gasteiger partial charge in [-0.25, -0.2) is 0 Å². The molecule has 0 amide bonds. The van der Waals surface area contributed by atoms with Gasteiger partial charge in [-0.15, -0.1) is 0 Å². The van der Waals surface area contributed by atoms with Crippen LogP contribution in [0.5, 0.6) is 34.5 Å². The molecule has 0 N–H and O–H groups in total. The van der Waals surface area contributed by atoms with E-state index in [-0.39, 0.29) is 24.3 Å². The van der Waals surface area contributed by atoms with Crippen LogP contribution in [0.3, 0.4) is 0 Å². The Morgan fingerprint density at radius 3 is 0.933 bits per heavy atom. The smallest absolute Gasteiger partial charge is 0.119 e. The van der Waals surface area contributed by atoms with Crippen molar-refractivity contribution < 1.29 is 37.9 Å². The molecule has 1 spiro atoms. The van der Waals surface area contributed by atoms with E-state index in [2.05, 4.69) is 191 Å². The van der Waals surface area contributed by atoms with Crippen molar-refractivity contribution in [1.29, 1.82) is 0 Å². The average molecular weight is 1180 g/mol. The highest BCUT2D eigenvalue weighted by atomic mass is 16.5. The molecule has 1 fully saturated rings. The summed E-state index contributed by atoms with van der Waals surface area (Å²) < 4.78 is 46.9. The SMILES string of the molecule is COc1ccc(N(c2ccc(OC)cc2)c2ccc3c(c2)C2(c4cc(N(c5ccc(OC)cc5)c5ccc(OC)cc5)ccc4-c4ccc(N(c5ccc(OC)cc5)C5CC[C@@H]5OC)cc42)c2cc(N(c4ccc(OC)cc4)C(C)C(C)OC)ccc2-3)cc1. The summed E-state index contributed by atoms with van der Waals surface area (Å²) in [5, 5.41) is 0. The molecule has 0 bridgehead atoms. The Kier molecular flexibility index (Phi) is 15.9. The third-order valence-corrected chi connectivity index (χ3v) is 18.6. The first-order valence-electron chi connectivity index (χ1n) is 30.2. The van der Waals surface area contributed by atoms with Crippen LogP contribution in [0.4, 0.5) is 56.9 Å². The number of benzene rings is 10. The number of methoxy groups -OCH3 is 8. The van der Waals surface area contributed by atoms with Crippen molar-refractivity contribution in [2.45, 2.75) is 56.4 Å². The molecule has 3 aliphatic rings. The van der Waals surface area contributed by atoms with Crippen LogP contribution >= 0.6 is 0 Å². The molecule has 5 atom stereocenters. The molecule has 4 unspecified atom stereocenters. The van der Waals surface area contributed by atoms with Gasteiger partial charge >= 0.3 is 0 Å². The zero-order valence-corrected chi connectivity index (χ0v) is 52.1. The topological polar surface area (TPSA) is 86.8 Å². The van der Waals surface area contributed by atoms with E-state index in [1.54, 1.807) is 49.8 Å². The Morgan fingerprint density at radius 2 is 0.618 bits per heavy atom. The summed E-state index contributed by atoms with van der Waals surface area (Å²) in [5.74, 6) is 4.66. The van der Waals surface area contributed by atoms with Gasteiger partial charge in [0.15, 0.2) is 0 Å². The molecule has 12 heteroatoms. The summed E-state index contributed by atoms with van der Waals surface area (Å²) in [7, 11) is 13.9. The van der Waals surface area contributed by atoms with E-state index in [1.807, 2.05) is 67.8 Å². The van der Waals surface area contributed by atoms with Gasteiger partial charge in [0.25, 0.3) is 0 Å². The van der Waals surface area contributed by atoms with Crippen LogP contribution in [0.25, 0.3) is 22.3 Å². The van der Waals surface area contributed by atoms with E-state index in [9.17, 15) is 0 Å². The maximum absolute atomic E-state index is 6.27. The van der Waals surface area contributed by atoms with Gasteiger partial charge in [-0.1, -0.05) is 24.3 Å². The van der Waals surface area contributed by atoms with Gasteiger partial charge in [0, 0.05) is 71.1 Å². The number of rotatable bonds is 21. The average Bonchev–Trinajstić information content (AvgIpc) is 1.52. The van der Waals surface area contributed by atoms with Crippen molar-refractivity contribution in [1.82, 2.24) is 0 Å². The van der Waals surface area contributed by atoms with Gasteiger partial charge in [-0.05, 0) is 265 Å². The molecule has 3 aliphatic carbocycles. The third-order valence-electron chi connectivity index (χ3n) is 18.6. The fourth-order valence-electron chi connectivity index (χ4n) is 13.6. The molecule has 0 radical (unpaired) electrons. The quantitative estimate of drug-likeness (QED) is 0.0687. The summed E-state index contributed by atoms with van der Waals surface area (Å²) >= 11 is 0. The summed E-state index contributed by atoms with van der Waals surface area (Å²) in [6.07, 6.45) is 1.81. The first-order valence-corrected chi connectivity index (χ1v) is 30.2. The predicted octanol–water partition coefficient (Wildman–Crippen LogP) is 17.9. The Balaban J connectivity index is 1.14. The minimum absolute atomic E-state index is 0.0290. The Labute approximate surface area is 522 Å². The second-order valence-corrected chi connectivity index (χ2v) is 22.9. The number of hydrogen-bond acceptors (Lipinski definition) is 12. The summed E-state index contributed by atoms with van der Waals surface area (Å²) in [6, 6.07) is 78.2. The van der Waals surface area contributed by atoms with Crippen LogP contribution in [0.15, 0.2) is 218 Å². The Morgan fingerprint density at radius 1 is 0.326 bits per heavy atom.